The number of aliphatic hydroxyl groups excluding tert-OH is 1. The molecule has 20 heteroatoms. The molecule has 3 fully saturated rings. The molecule has 5 unspecified atom stereocenters. The van der Waals surface area contributed by atoms with Gasteiger partial charge in [-0.05, 0) is 101 Å². The number of carbonyl (C=O) groups excluding carboxylic acids is 1. The van der Waals surface area contributed by atoms with Crippen molar-refractivity contribution in [1.82, 2.24) is 38.6 Å². The number of fused-ring (bicyclic) bond motifs is 2. The van der Waals surface area contributed by atoms with E-state index in [4.69, 9.17) is 32.5 Å². The number of aromatic amines is 1. The van der Waals surface area contributed by atoms with Crippen molar-refractivity contribution in [3.05, 3.63) is 142 Å². The van der Waals surface area contributed by atoms with Gasteiger partial charge >= 0.3 is 0 Å². The van der Waals surface area contributed by atoms with Gasteiger partial charge in [0.2, 0.25) is 5.03 Å². The number of aliphatic hydroxyl groups is 1. The minimum Gasteiger partial charge on any atom is -0.496 e. The number of benzene rings is 4. The van der Waals surface area contributed by atoms with Crippen molar-refractivity contribution in [2.45, 2.75) is 59.8 Å². The van der Waals surface area contributed by atoms with Crippen LogP contribution in [0.2, 0.25) is 10.0 Å². The van der Waals surface area contributed by atoms with Gasteiger partial charge in [-0.3, -0.25) is 4.79 Å². The topological polar surface area (TPSA) is 197 Å². The second-order valence-electron chi connectivity index (χ2n) is 17.2. The lowest BCUT2D eigenvalue weighted by Crippen LogP contribution is -2.50. The van der Waals surface area contributed by atoms with Crippen LogP contribution in [-0.2, 0) is 20.0 Å². The quantitative estimate of drug-likeness (QED) is 0.125. The first-order valence-electron chi connectivity index (χ1n) is 21.9. The fraction of sp³-hybridized carbons (Fsp3) is 0.319. The van der Waals surface area contributed by atoms with Crippen molar-refractivity contribution in [3.63, 3.8) is 0 Å². The smallest absolute Gasteiger partial charge is 0.284 e. The molecular formula is C47H46Cl2N8O8S2. The molecular weight excluding hydrogens is 940 g/mol. The molecule has 348 valence electrons. The molecule has 0 bridgehead atoms. The summed E-state index contributed by atoms with van der Waals surface area (Å²) in [7, 11) is -6.91. The maximum absolute atomic E-state index is 14.7. The first-order valence-corrected chi connectivity index (χ1v) is 25.6. The van der Waals surface area contributed by atoms with Crippen molar-refractivity contribution in [2.75, 3.05) is 39.9 Å². The third-order valence-corrected chi connectivity index (χ3v) is 17.8. The van der Waals surface area contributed by atoms with Gasteiger partial charge in [-0.15, -0.1) is 5.10 Å². The third kappa shape index (κ3) is 8.31. The van der Waals surface area contributed by atoms with Gasteiger partial charge in [0.1, 0.15) is 28.2 Å². The fourth-order valence-electron chi connectivity index (χ4n) is 10.1. The summed E-state index contributed by atoms with van der Waals surface area (Å²) in [5, 5.41) is 24.7. The highest BCUT2D eigenvalue weighted by molar-refractivity contribution is 7.89. The molecule has 5 atom stereocenters. The Balaban J connectivity index is 0.884. The number of sulfonamides is 2. The fourth-order valence-corrected chi connectivity index (χ4v) is 13.8. The van der Waals surface area contributed by atoms with Crippen molar-refractivity contribution >= 4 is 59.9 Å². The summed E-state index contributed by atoms with van der Waals surface area (Å²) in [5.74, 6) is 0.231. The normalized spacial score (nSPS) is 21.1. The number of hydrogen-bond donors (Lipinski definition) is 2. The van der Waals surface area contributed by atoms with E-state index in [0.717, 1.165) is 40.3 Å². The third-order valence-electron chi connectivity index (χ3n) is 13.5. The molecule has 1 amide bonds. The van der Waals surface area contributed by atoms with E-state index in [2.05, 4.69) is 26.5 Å². The maximum atomic E-state index is 14.7. The molecule has 1 aliphatic carbocycles. The average molecular weight is 986 g/mol. The Kier molecular flexibility index (Phi) is 12.2. The number of nitrogens with zero attached hydrogens (tertiary/aromatic N) is 7. The lowest BCUT2D eigenvalue weighted by molar-refractivity contribution is 0.0691. The first kappa shape index (κ1) is 45.2. The number of methoxy groups -OCH3 is 1. The Morgan fingerprint density at radius 1 is 0.881 bits per heavy atom. The predicted octanol–water partition coefficient (Wildman–Crippen LogP) is 7.22. The van der Waals surface area contributed by atoms with Crippen LogP contribution in [0.4, 0.5) is 0 Å². The molecule has 2 aliphatic heterocycles. The highest BCUT2D eigenvalue weighted by atomic mass is 35.5. The monoisotopic (exact) mass is 984 g/mol. The van der Waals surface area contributed by atoms with Crippen molar-refractivity contribution in [3.8, 4) is 17.0 Å². The molecule has 2 N–H and O–H groups in total. The SMILES string of the molecule is COc1cc2cc(C3CCC4CC(CO)N(S(=O)(=O)c5cn(C(c6ccccc6)c6ccc(Cl)cc6)nn5)C4C3)ccc2cc1-c1noc(S(=O)(=O)N2CCN(C(=O)c3ccc[nH]3)CC2)c1Cl. The van der Waals surface area contributed by atoms with Gasteiger partial charge in [0.25, 0.3) is 31.0 Å². The Morgan fingerprint density at radius 2 is 1.64 bits per heavy atom. The zero-order valence-corrected chi connectivity index (χ0v) is 39.3. The molecule has 0 spiro atoms. The van der Waals surface area contributed by atoms with Gasteiger partial charge in [-0.2, -0.15) is 8.61 Å². The molecule has 10 rings (SSSR count). The summed E-state index contributed by atoms with van der Waals surface area (Å²) in [5.41, 5.74) is 3.72. The molecule has 3 aliphatic rings. The van der Waals surface area contributed by atoms with E-state index in [9.17, 15) is 26.7 Å². The molecule has 3 aromatic heterocycles. The highest BCUT2D eigenvalue weighted by Crippen LogP contribution is 2.48. The van der Waals surface area contributed by atoms with Gasteiger partial charge in [-0.25, -0.2) is 21.5 Å². The molecule has 16 nitrogen and oxygen atoms in total. The number of H-pyrrole nitrogens is 1. The van der Waals surface area contributed by atoms with Crippen LogP contribution in [0.1, 0.15) is 64.8 Å². The van der Waals surface area contributed by atoms with Crippen molar-refractivity contribution in [2.24, 2.45) is 5.92 Å². The van der Waals surface area contributed by atoms with Gasteiger partial charge < -0.3 is 24.3 Å². The first-order chi connectivity index (χ1) is 32.3. The minimum absolute atomic E-state index is 0.000668. The van der Waals surface area contributed by atoms with Crippen LogP contribution in [0.25, 0.3) is 22.0 Å². The van der Waals surface area contributed by atoms with Crippen LogP contribution >= 0.6 is 23.2 Å². The largest absolute Gasteiger partial charge is 0.496 e. The number of hydrogen-bond acceptors (Lipinski definition) is 11. The lowest BCUT2D eigenvalue weighted by Gasteiger charge is -2.36. The van der Waals surface area contributed by atoms with Crippen LogP contribution in [-0.4, -0.2) is 118 Å². The summed E-state index contributed by atoms with van der Waals surface area (Å²) < 4.78 is 72.5. The van der Waals surface area contributed by atoms with Gasteiger partial charge in [-0.1, -0.05) is 94.2 Å². The number of ether oxygens (including phenoxy) is 1. The summed E-state index contributed by atoms with van der Waals surface area (Å²) in [6.07, 6.45) is 5.80. The molecule has 5 heterocycles. The van der Waals surface area contributed by atoms with E-state index < -0.39 is 37.2 Å². The van der Waals surface area contributed by atoms with Gasteiger partial charge in [0, 0.05) is 55.0 Å². The van der Waals surface area contributed by atoms with Crippen molar-refractivity contribution < 1.29 is 36.0 Å². The molecule has 2 saturated heterocycles. The Labute approximate surface area is 397 Å². The number of carbonyl (C=O) groups is 1. The lowest BCUT2D eigenvalue weighted by atomic mass is 9.75. The predicted molar refractivity (Wildman–Crippen MR) is 250 cm³/mol. The number of nitrogens with one attached hydrogen (secondary N) is 1. The summed E-state index contributed by atoms with van der Waals surface area (Å²) in [6.45, 7) is 0.143. The molecule has 4 aromatic carbocycles. The summed E-state index contributed by atoms with van der Waals surface area (Å²) in [6, 6.07) is 28.6. The summed E-state index contributed by atoms with van der Waals surface area (Å²) in [4.78, 5) is 17.3. The zero-order chi connectivity index (χ0) is 46.6. The molecule has 0 radical (unpaired) electrons. The standard InChI is InChI=1S/C47H46Cl2N8O8S2/c1-64-41-26-35-22-31(9-10-32(35)24-38(41)44-43(49)47(65-52-44)67(62,63)55-20-18-54(19-21-55)46(59)39-8-5-17-50-39)33-11-12-34-23-37(28-58)57(40(34)25-33)66(60,61)42-27-56(53-51-42)45(29-6-3-2-4-7-29)30-13-15-36(48)16-14-30/h2-10,13-17,22,24,26-27,33-34,37,40,45,50,58H,11-12,18-21,23,25,28H2,1H3. The van der Waals surface area contributed by atoms with Crippen LogP contribution in [0.15, 0.2) is 124 Å². The van der Waals surface area contributed by atoms with E-state index in [1.807, 2.05) is 66.7 Å². The number of aromatic nitrogens is 5. The average Bonchev–Trinajstić information content (AvgIpc) is 4.19. The van der Waals surface area contributed by atoms with E-state index in [-0.39, 0.29) is 72.3 Å². The van der Waals surface area contributed by atoms with Crippen molar-refractivity contribution in [1.29, 1.82) is 0 Å². The maximum Gasteiger partial charge on any atom is 0.284 e. The van der Waals surface area contributed by atoms with E-state index in [0.29, 0.717) is 34.9 Å². The number of halogens is 2. The van der Waals surface area contributed by atoms with E-state index in [1.54, 1.807) is 40.0 Å². The Bertz CT molecular complexity index is 3160. The minimum atomic E-state index is -4.21. The van der Waals surface area contributed by atoms with Crippen LogP contribution in [0, 0.1) is 5.92 Å². The highest BCUT2D eigenvalue weighted by Gasteiger charge is 2.51. The number of rotatable bonds is 12. The second kappa shape index (κ2) is 18.1. The van der Waals surface area contributed by atoms with Gasteiger partial charge in [0.15, 0.2) is 0 Å². The van der Waals surface area contributed by atoms with E-state index >= 15 is 0 Å². The van der Waals surface area contributed by atoms with Gasteiger partial charge in [0.05, 0.1) is 19.9 Å². The van der Waals surface area contributed by atoms with Crippen LogP contribution in [0.5, 0.6) is 5.75 Å². The van der Waals surface area contributed by atoms with E-state index in [1.165, 1.54) is 21.9 Å². The zero-order valence-electron chi connectivity index (χ0n) is 36.2. The summed E-state index contributed by atoms with van der Waals surface area (Å²) >= 11 is 13.0. The molecule has 1 saturated carbocycles. The number of piperazine rings is 1. The van der Waals surface area contributed by atoms with Crippen LogP contribution < -0.4 is 4.74 Å². The molecule has 67 heavy (non-hydrogen) atoms. The Morgan fingerprint density at radius 3 is 2.36 bits per heavy atom. The van der Waals surface area contributed by atoms with Crippen LogP contribution in [0.3, 0.4) is 0 Å². The second-order valence-corrected chi connectivity index (χ2v) is 21.7. The molecule has 7 aromatic rings. The Hall–Kier alpha value is -5.60. The number of amides is 1.